The molecule has 1 saturated heterocycles. The molecule has 2 atom stereocenters. The third-order valence-electron chi connectivity index (χ3n) is 7.43. The third-order valence-corrected chi connectivity index (χ3v) is 7.43. The number of aliphatic hydroxyl groups excluding tert-OH is 1. The van der Waals surface area contributed by atoms with Crippen molar-refractivity contribution in [3.8, 4) is 0 Å². The first-order chi connectivity index (χ1) is 16.5. The lowest BCUT2D eigenvalue weighted by molar-refractivity contribution is -0.129. The summed E-state index contributed by atoms with van der Waals surface area (Å²) in [5.41, 5.74) is 4.15. The number of carbonyl (C=O) groups is 2. The SMILES string of the molecule is CC(=O)N1CCC(Nc2cc3c(cn2)CCN(CC(O)[C@@H]2Cc4ccccc4CN2)C3=O)CC1. The van der Waals surface area contributed by atoms with Gasteiger partial charge in [-0.25, -0.2) is 4.98 Å². The number of amides is 2. The number of aliphatic hydroxyl groups is 1. The van der Waals surface area contributed by atoms with Gasteiger partial charge in [-0.05, 0) is 48.4 Å². The van der Waals surface area contributed by atoms with E-state index in [-0.39, 0.29) is 23.9 Å². The fourth-order valence-electron chi connectivity index (χ4n) is 5.31. The summed E-state index contributed by atoms with van der Waals surface area (Å²) in [7, 11) is 0. The van der Waals surface area contributed by atoms with Crippen LogP contribution in [0.1, 0.15) is 46.8 Å². The number of rotatable bonds is 5. The Kier molecular flexibility index (Phi) is 6.52. The zero-order valence-corrected chi connectivity index (χ0v) is 19.7. The molecule has 8 heteroatoms. The first-order valence-electron chi connectivity index (χ1n) is 12.3. The molecule has 1 aromatic carbocycles. The smallest absolute Gasteiger partial charge is 0.254 e. The van der Waals surface area contributed by atoms with E-state index in [9.17, 15) is 14.7 Å². The second kappa shape index (κ2) is 9.72. The Morgan fingerprint density at radius 2 is 1.97 bits per heavy atom. The molecule has 180 valence electrons. The standard InChI is InChI=1S/C26H33N5O3/c1-17(32)30-10-7-21(8-11-30)29-25-13-22-20(15-28-25)6-9-31(26(22)34)16-24(33)23-12-18-4-2-3-5-19(18)14-27-23/h2-5,13,15,21,23-24,27,33H,6-12,14,16H2,1H3,(H,28,29)/t23-,24?/m0/s1. The van der Waals surface area contributed by atoms with Crippen LogP contribution < -0.4 is 10.6 Å². The number of nitrogens with one attached hydrogen (secondary N) is 2. The zero-order chi connectivity index (χ0) is 23.7. The Bertz CT molecular complexity index is 1070. The number of hydrogen-bond acceptors (Lipinski definition) is 6. The predicted octanol–water partition coefficient (Wildman–Crippen LogP) is 1.58. The first kappa shape index (κ1) is 22.8. The van der Waals surface area contributed by atoms with Crippen LogP contribution in [-0.4, -0.2) is 76.1 Å². The second-order valence-electron chi connectivity index (χ2n) is 9.68. The van der Waals surface area contributed by atoms with Gasteiger partial charge in [0.05, 0.1) is 6.10 Å². The molecule has 5 rings (SSSR count). The molecular formula is C26H33N5O3. The predicted molar refractivity (Wildman–Crippen MR) is 130 cm³/mol. The van der Waals surface area contributed by atoms with Crippen LogP contribution >= 0.6 is 0 Å². The second-order valence-corrected chi connectivity index (χ2v) is 9.68. The Morgan fingerprint density at radius 1 is 1.21 bits per heavy atom. The van der Waals surface area contributed by atoms with E-state index in [4.69, 9.17) is 0 Å². The van der Waals surface area contributed by atoms with Gasteiger partial charge in [-0.2, -0.15) is 0 Å². The molecule has 8 nitrogen and oxygen atoms in total. The van der Waals surface area contributed by atoms with E-state index < -0.39 is 6.10 Å². The van der Waals surface area contributed by atoms with Crippen molar-refractivity contribution < 1.29 is 14.7 Å². The van der Waals surface area contributed by atoms with Crippen molar-refractivity contribution in [3.05, 3.63) is 58.8 Å². The van der Waals surface area contributed by atoms with Gasteiger partial charge in [0.2, 0.25) is 5.91 Å². The van der Waals surface area contributed by atoms with E-state index in [2.05, 4.69) is 27.8 Å². The summed E-state index contributed by atoms with van der Waals surface area (Å²) in [6, 6.07) is 10.3. The summed E-state index contributed by atoms with van der Waals surface area (Å²) in [6.07, 6.45) is 4.39. The maximum atomic E-state index is 13.3. The van der Waals surface area contributed by atoms with Crippen molar-refractivity contribution in [2.24, 2.45) is 0 Å². The van der Waals surface area contributed by atoms with Crippen molar-refractivity contribution in [2.45, 2.75) is 57.3 Å². The molecule has 0 spiro atoms. The molecule has 1 unspecified atom stereocenters. The Balaban J connectivity index is 1.21. The van der Waals surface area contributed by atoms with Gasteiger partial charge in [0.15, 0.2) is 0 Å². The molecule has 2 aromatic rings. The minimum atomic E-state index is -0.634. The number of likely N-dealkylation sites (tertiary alicyclic amines) is 1. The van der Waals surface area contributed by atoms with Crippen LogP contribution in [0.15, 0.2) is 36.5 Å². The van der Waals surface area contributed by atoms with Gasteiger partial charge in [0.25, 0.3) is 5.91 Å². The highest BCUT2D eigenvalue weighted by Crippen LogP contribution is 2.24. The van der Waals surface area contributed by atoms with E-state index in [0.29, 0.717) is 24.5 Å². The van der Waals surface area contributed by atoms with Gasteiger partial charge in [-0.1, -0.05) is 24.3 Å². The number of nitrogens with zero attached hydrogens (tertiary/aromatic N) is 3. The van der Waals surface area contributed by atoms with Crippen LogP contribution in [-0.2, 0) is 24.2 Å². The molecule has 0 radical (unpaired) electrons. The molecule has 4 heterocycles. The largest absolute Gasteiger partial charge is 0.390 e. The zero-order valence-electron chi connectivity index (χ0n) is 19.7. The summed E-state index contributed by atoms with van der Waals surface area (Å²) >= 11 is 0. The molecule has 2 amide bonds. The topological polar surface area (TPSA) is 97.8 Å². The van der Waals surface area contributed by atoms with Gasteiger partial charge < -0.3 is 25.5 Å². The Morgan fingerprint density at radius 3 is 2.74 bits per heavy atom. The van der Waals surface area contributed by atoms with Gasteiger partial charge in [0, 0.05) is 63.5 Å². The lowest BCUT2D eigenvalue weighted by atomic mass is 9.92. The molecule has 0 bridgehead atoms. The quantitative estimate of drug-likeness (QED) is 0.623. The molecule has 3 aliphatic heterocycles. The minimum Gasteiger partial charge on any atom is -0.390 e. The molecule has 34 heavy (non-hydrogen) atoms. The molecule has 0 saturated carbocycles. The maximum Gasteiger partial charge on any atom is 0.254 e. The number of benzene rings is 1. The van der Waals surface area contributed by atoms with Crippen molar-refractivity contribution in [2.75, 3.05) is 31.5 Å². The van der Waals surface area contributed by atoms with Crippen molar-refractivity contribution in [1.82, 2.24) is 20.1 Å². The number of fused-ring (bicyclic) bond motifs is 2. The lowest BCUT2D eigenvalue weighted by Gasteiger charge is -2.35. The van der Waals surface area contributed by atoms with Crippen LogP contribution in [0.25, 0.3) is 0 Å². The highest BCUT2D eigenvalue weighted by molar-refractivity contribution is 5.97. The third kappa shape index (κ3) is 4.79. The van der Waals surface area contributed by atoms with Crippen LogP contribution in [0.2, 0.25) is 0 Å². The number of piperidine rings is 1. The van der Waals surface area contributed by atoms with Crippen molar-refractivity contribution in [3.63, 3.8) is 0 Å². The molecular weight excluding hydrogens is 430 g/mol. The van der Waals surface area contributed by atoms with Gasteiger partial charge >= 0.3 is 0 Å². The van der Waals surface area contributed by atoms with Gasteiger partial charge in [0.1, 0.15) is 5.82 Å². The van der Waals surface area contributed by atoms with E-state index in [0.717, 1.165) is 50.9 Å². The fourth-order valence-corrected chi connectivity index (χ4v) is 5.31. The minimum absolute atomic E-state index is 0.0478. The normalized spacial score (nSPS) is 21.6. The Labute approximate surface area is 200 Å². The molecule has 3 aliphatic rings. The molecule has 1 fully saturated rings. The first-order valence-corrected chi connectivity index (χ1v) is 12.3. The summed E-state index contributed by atoms with van der Waals surface area (Å²) in [5.74, 6) is 0.764. The van der Waals surface area contributed by atoms with Crippen LogP contribution in [0, 0.1) is 0 Å². The number of aromatic nitrogens is 1. The summed E-state index contributed by atoms with van der Waals surface area (Å²) in [5, 5.41) is 17.8. The van der Waals surface area contributed by atoms with Gasteiger partial charge in [-0.3, -0.25) is 9.59 Å². The van der Waals surface area contributed by atoms with E-state index in [1.807, 2.05) is 23.1 Å². The number of hydrogen-bond donors (Lipinski definition) is 3. The fraction of sp³-hybridized carbons (Fsp3) is 0.500. The van der Waals surface area contributed by atoms with Gasteiger partial charge in [-0.15, -0.1) is 0 Å². The molecule has 0 aliphatic carbocycles. The highest BCUT2D eigenvalue weighted by atomic mass is 16.3. The van der Waals surface area contributed by atoms with E-state index in [1.54, 1.807) is 18.0 Å². The molecule has 3 N–H and O–H groups in total. The maximum absolute atomic E-state index is 13.3. The average molecular weight is 464 g/mol. The monoisotopic (exact) mass is 463 g/mol. The number of β-amino-alcohol motifs (C(OH)–C–C–N with tert-alkyl or cyclic N) is 1. The number of anilines is 1. The van der Waals surface area contributed by atoms with E-state index >= 15 is 0 Å². The van der Waals surface area contributed by atoms with E-state index in [1.165, 1.54) is 11.1 Å². The van der Waals surface area contributed by atoms with Crippen LogP contribution in [0.4, 0.5) is 5.82 Å². The van der Waals surface area contributed by atoms with Crippen molar-refractivity contribution in [1.29, 1.82) is 0 Å². The van der Waals surface area contributed by atoms with Crippen LogP contribution in [0.5, 0.6) is 0 Å². The molecule has 1 aromatic heterocycles. The summed E-state index contributed by atoms with van der Waals surface area (Å²) in [6.45, 7) is 4.72. The summed E-state index contributed by atoms with van der Waals surface area (Å²) in [4.78, 5) is 33.0. The Hall–Kier alpha value is -2.97. The van der Waals surface area contributed by atoms with Crippen molar-refractivity contribution >= 4 is 17.6 Å². The number of carbonyl (C=O) groups excluding carboxylic acids is 2. The lowest BCUT2D eigenvalue weighted by Crippen LogP contribution is -2.51. The highest BCUT2D eigenvalue weighted by Gasteiger charge is 2.31. The average Bonchev–Trinajstić information content (AvgIpc) is 2.86. The number of pyridine rings is 1. The summed E-state index contributed by atoms with van der Waals surface area (Å²) < 4.78 is 0. The van der Waals surface area contributed by atoms with Crippen LogP contribution in [0.3, 0.4) is 0 Å².